The zero-order valence-corrected chi connectivity index (χ0v) is 25.2. The maximum Gasteiger partial charge on any atom is 0.330 e. The summed E-state index contributed by atoms with van der Waals surface area (Å²) in [5.41, 5.74) is 10.3. The molecular formula is C30H54N2O10. The molecule has 0 aromatic carbocycles. The van der Waals surface area contributed by atoms with Crippen LogP contribution in [0.4, 0.5) is 0 Å². The number of carbonyl (C=O) groups excluding carboxylic acids is 4. The van der Waals surface area contributed by atoms with Crippen molar-refractivity contribution >= 4 is 23.9 Å². The Bertz CT molecular complexity index is 644. The zero-order chi connectivity index (χ0) is 32.7. The SMILES string of the molecule is C=CC(=O)OCCCCCOC(=O)C=C.C=CC(=O)OCCCCOC(=O)C=C.NCCCCCO.NCCCCO. The lowest BCUT2D eigenvalue weighted by molar-refractivity contribution is -0.140. The molecule has 0 radical (unpaired) electrons. The van der Waals surface area contributed by atoms with Crippen molar-refractivity contribution in [3.8, 4) is 0 Å². The Labute approximate surface area is 251 Å². The van der Waals surface area contributed by atoms with E-state index in [1.54, 1.807) is 0 Å². The molecule has 0 saturated heterocycles. The summed E-state index contributed by atoms with van der Waals surface area (Å²) in [4.78, 5) is 42.3. The van der Waals surface area contributed by atoms with Crippen molar-refractivity contribution in [2.45, 2.75) is 64.2 Å². The van der Waals surface area contributed by atoms with Crippen LogP contribution in [0.5, 0.6) is 0 Å². The first-order valence-corrected chi connectivity index (χ1v) is 14.0. The first-order valence-electron chi connectivity index (χ1n) is 14.0. The first-order chi connectivity index (χ1) is 20.2. The third-order valence-electron chi connectivity index (χ3n) is 4.45. The van der Waals surface area contributed by atoms with Crippen molar-refractivity contribution in [1.29, 1.82) is 0 Å². The molecule has 0 heterocycles. The molecule has 0 saturated carbocycles. The standard InChI is InChI=1S/C11H16O4.C10H14O4.C5H13NO.C4H11NO/c1-3-10(12)14-8-6-5-7-9-15-11(13)4-2;1-3-9(11)13-7-5-6-8-14-10(12)4-2;6-4-2-1-3-5-7;5-3-1-2-4-6/h3-4H,1-2,5-9H2;3-4H,1-2,5-8H2;7H,1-6H2;6H,1-5H2. The predicted molar refractivity (Wildman–Crippen MR) is 163 cm³/mol. The van der Waals surface area contributed by atoms with E-state index in [0.717, 1.165) is 82.2 Å². The average Bonchev–Trinajstić information content (AvgIpc) is 3.01. The summed E-state index contributed by atoms with van der Waals surface area (Å²) in [6.45, 7) is 16.5. The normalized spacial score (nSPS) is 9.05. The molecule has 12 nitrogen and oxygen atoms in total. The zero-order valence-electron chi connectivity index (χ0n) is 25.2. The number of unbranched alkanes of at least 4 members (excludes halogenated alkanes) is 6. The van der Waals surface area contributed by atoms with Crippen molar-refractivity contribution in [3.63, 3.8) is 0 Å². The van der Waals surface area contributed by atoms with Crippen LogP contribution in [0.3, 0.4) is 0 Å². The van der Waals surface area contributed by atoms with E-state index in [-0.39, 0.29) is 6.61 Å². The van der Waals surface area contributed by atoms with Gasteiger partial charge in [0.15, 0.2) is 0 Å². The highest BCUT2D eigenvalue weighted by molar-refractivity contribution is 5.82. The van der Waals surface area contributed by atoms with E-state index < -0.39 is 23.9 Å². The van der Waals surface area contributed by atoms with Gasteiger partial charge in [-0.05, 0) is 77.3 Å². The molecule has 0 unspecified atom stereocenters. The van der Waals surface area contributed by atoms with Gasteiger partial charge in [-0.2, -0.15) is 0 Å². The number of aliphatic hydroxyl groups is 2. The molecule has 12 heteroatoms. The summed E-state index contributed by atoms with van der Waals surface area (Å²) in [6.07, 6.45) is 12.9. The Kier molecular flexibility index (Phi) is 45.8. The van der Waals surface area contributed by atoms with Crippen molar-refractivity contribution < 1.29 is 48.3 Å². The van der Waals surface area contributed by atoms with Crippen molar-refractivity contribution in [2.24, 2.45) is 11.5 Å². The molecule has 0 aliphatic carbocycles. The summed E-state index contributed by atoms with van der Waals surface area (Å²) >= 11 is 0. The van der Waals surface area contributed by atoms with Gasteiger partial charge < -0.3 is 40.6 Å². The number of carbonyl (C=O) groups is 4. The van der Waals surface area contributed by atoms with Crippen LogP contribution in [0.25, 0.3) is 0 Å². The lowest BCUT2D eigenvalue weighted by atomic mass is 10.2. The minimum Gasteiger partial charge on any atom is -0.463 e. The molecule has 0 amide bonds. The van der Waals surface area contributed by atoms with E-state index in [1.807, 2.05) is 0 Å². The molecule has 0 fully saturated rings. The molecular weight excluding hydrogens is 548 g/mol. The minimum atomic E-state index is -0.437. The fraction of sp³-hybridized carbons (Fsp3) is 0.600. The molecule has 0 atom stereocenters. The van der Waals surface area contributed by atoms with E-state index in [1.165, 1.54) is 0 Å². The molecule has 42 heavy (non-hydrogen) atoms. The molecule has 0 rings (SSSR count). The van der Waals surface area contributed by atoms with Crippen LogP contribution in [-0.2, 0) is 38.1 Å². The van der Waals surface area contributed by atoms with E-state index in [9.17, 15) is 19.2 Å². The molecule has 0 aromatic heterocycles. The van der Waals surface area contributed by atoms with E-state index in [0.29, 0.717) is 52.4 Å². The van der Waals surface area contributed by atoms with Crippen LogP contribution in [0.2, 0.25) is 0 Å². The van der Waals surface area contributed by atoms with Gasteiger partial charge in [-0.15, -0.1) is 0 Å². The van der Waals surface area contributed by atoms with Gasteiger partial charge in [0.2, 0.25) is 0 Å². The Morgan fingerprint density at radius 3 is 0.929 bits per heavy atom. The summed E-state index contributed by atoms with van der Waals surface area (Å²) in [6, 6.07) is 0. The Morgan fingerprint density at radius 2 is 0.690 bits per heavy atom. The second-order valence-electron chi connectivity index (χ2n) is 8.05. The summed E-state index contributed by atoms with van der Waals surface area (Å²) in [7, 11) is 0. The number of esters is 4. The van der Waals surface area contributed by atoms with Gasteiger partial charge in [-0.25, -0.2) is 19.2 Å². The van der Waals surface area contributed by atoms with Crippen molar-refractivity contribution in [1.82, 2.24) is 0 Å². The second-order valence-corrected chi connectivity index (χ2v) is 8.05. The molecule has 0 aliphatic heterocycles. The van der Waals surface area contributed by atoms with Crippen molar-refractivity contribution in [3.05, 3.63) is 50.6 Å². The molecule has 6 N–H and O–H groups in total. The minimum absolute atomic E-state index is 0.275. The highest BCUT2D eigenvalue weighted by Crippen LogP contribution is 1.97. The number of hydrogen-bond donors (Lipinski definition) is 4. The van der Waals surface area contributed by atoms with Gasteiger partial charge in [0.05, 0.1) is 26.4 Å². The van der Waals surface area contributed by atoms with Crippen LogP contribution in [0.15, 0.2) is 50.6 Å². The third-order valence-corrected chi connectivity index (χ3v) is 4.45. The largest absolute Gasteiger partial charge is 0.463 e. The Hall–Kier alpha value is -3.32. The topological polar surface area (TPSA) is 198 Å². The Morgan fingerprint density at radius 1 is 0.452 bits per heavy atom. The number of nitrogens with two attached hydrogens (primary N) is 2. The van der Waals surface area contributed by atoms with Gasteiger partial charge in [0.25, 0.3) is 0 Å². The molecule has 244 valence electrons. The lowest BCUT2D eigenvalue weighted by Gasteiger charge is -2.02. The maximum atomic E-state index is 10.6. The first kappa shape index (κ1) is 45.7. The monoisotopic (exact) mass is 602 g/mol. The van der Waals surface area contributed by atoms with Gasteiger partial charge in [0.1, 0.15) is 0 Å². The quantitative estimate of drug-likeness (QED) is 0.0612. The van der Waals surface area contributed by atoms with Crippen LogP contribution in [0.1, 0.15) is 64.2 Å². The molecule has 0 spiro atoms. The fourth-order valence-electron chi connectivity index (χ4n) is 2.20. The van der Waals surface area contributed by atoms with Crippen molar-refractivity contribution in [2.75, 3.05) is 52.7 Å². The summed E-state index contributed by atoms with van der Waals surface area (Å²) in [5.74, 6) is -1.69. The molecule has 0 bridgehead atoms. The highest BCUT2D eigenvalue weighted by atomic mass is 16.5. The van der Waals surface area contributed by atoms with E-state index >= 15 is 0 Å². The summed E-state index contributed by atoms with van der Waals surface area (Å²) in [5, 5.41) is 16.4. The number of aliphatic hydroxyl groups excluding tert-OH is 2. The van der Waals surface area contributed by atoms with Crippen LogP contribution >= 0.6 is 0 Å². The van der Waals surface area contributed by atoms with Gasteiger partial charge in [-0.3, -0.25) is 0 Å². The predicted octanol–water partition coefficient (Wildman–Crippen LogP) is 2.67. The van der Waals surface area contributed by atoms with Gasteiger partial charge >= 0.3 is 23.9 Å². The van der Waals surface area contributed by atoms with E-state index in [2.05, 4.69) is 26.3 Å². The third kappa shape index (κ3) is 49.6. The van der Waals surface area contributed by atoms with E-state index in [4.69, 9.17) is 40.6 Å². The summed E-state index contributed by atoms with van der Waals surface area (Å²) < 4.78 is 18.9. The average molecular weight is 603 g/mol. The maximum absolute atomic E-state index is 10.6. The number of hydrogen-bond acceptors (Lipinski definition) is 12. The number of rotatable bonds is 22. The fourth-order valence-corrected chi connectivity index (χ4v) is 2.20. The second kappa shape index (κ2) is 42.2. The van der Waals surface area contributed by atoms with Crippen LogP contribution < -0.4 is 11.5 Å². The van der Waals surface area contributed by atoms with Gasteiger partial charge in [0, 0.05) is 37.5 Å². The lowest BCUT2D eigenvalue weighted by Crippen LogP contribution is -2.05. The smallest absolute Gasteiger partial charge is 0.330 e. The van der Waals surface area contributed by atoms with Crippen LogP contribution in [-0.4, -0.2) is 86.8 Å². The Balaban J connectivity index is -0.000000246. The molecule has 0 aliphatic rings. The number of ether oxygens (including phenoxy) is 4. The highest BCUT2D eigenvalue weighted by Gasteiger charge is 1.98. The van der Waals surface area contributed by atoms with Crippen LogP contribution in [0, 0.1) is 0 Å². The molecule has 0 aromatic rings. The van der Waals surface area contributed by atoms with Gasteiger partial charge in [-0.1, -0.05) is 26.3 Å².